The maximum atomic E-state index is 10.2. The zero-order chi connectivity index (χ0) is 8.69. The molecule has 0 radical (unpaired) electrons. The molecule has 1 N–H and O–H groups in total. The summed E-state index contributed by atoms with van der Waals surface area (Å²) in [5.74, 6) is -0.915. The minimum atomic E-state index is -0.915. The smallest absolute Gasteiger partial charge is 0.349 e. The van der Waals surface area contributed by atoms with Crippen LogP contribution in [0.3, 0.4) is 0 Å². The maximum Gasteiger partial charge on any atom is 0.349 e. The van der Waals surface area contributed by atoms with Crippen LogP contribution in [0.4, 0.5) is 0 Å². The molecule has 0 rings (SSSR count). The molecule has 64 valence electrons. The standard InChI is InChI=1S/C8H15NO2/c1-3-4-5-6-9-7(2)8(10)11/h3-6H2,1-2H3,(H,10,11). The number of rotatable bonds is 5. The van der Waals surface area contributed by atoms with E-state index in [0.29, 0.717) is 6.54 Å². The van der Waals surface area contributed by atoms with Crippen LogP contribution in [0.1, 0.15) is 33.1 Å². The van der Waals surface area contributed by atoms with Gasteiger partial charge in [-0.1, -0.05) is 19.8 Å². The molecule has 0 saturated heterocycles. The van der Waals surface area contributed by atoms with Crippen LogP contribution in [-0.2, 0) is 4.79 Å². The molecule has 0 aliphatic heterocycles. The number of unbranched alkanes of at least 4 members (excludes halogenated alkanes) is 2. The van der Waals surface area contributed by atoms with E-state index in [2.05, 4.69) is 11.9 Å². The number of carbonyl (C=O) groups is 1. The van der Waals surface area contributed by atoms with E-state index in [1.807, 2.05) is 0 Å². The Hall–Kier alpha value is -0.860. The zero-order valence-electron chi connectivity index (χ0n) is 7.13. The van der Waals surface area contributed by atoms with Gasteiger partial charge in [0.15, 0.2) is 0 Å². The Morgan fingerprint density at radius 1 is 1.45 bits per heavy atom. The van der Waals surface area contributed by atoms with Crippen molar-refractivity contribution >= 4 is 11.7 Å². The summed E-state index contributed by atoms with van der Waals surface area (Å²) in [6.45, 7) is 4.27. The molecule has 0 aromatic carbocycles. The number of hydrogen-bond acceptors (Lipinski definition) is 2. The van der Waals surface area contributed by atoms with E-state index in [4.69, 9.17) is 5.11 Å². The van der Waals surface area contributed by atoms with Crippen LogP contribution in [0.2, 0.25) is 0 Å². The number of aliphatic carboxylic acids is 1. The Labute approximate surface area is 67.1 Å². The summed E-state index contributed by atoms with van der Waals surface area (Å²) < 4.78 is 0. The average molecular weight is 157 g/mol. The molecule has 0 unspecified atom stereocenters. The molecule has 0 saturated carbocycles. The third-order valence-electron chi connectivity index (χ3n) is 1.42. The van der Waals surface area contributed by atoms with Crippen LogP contribution < -0.4 is 0 Å². The highest BCUT2D eigenvalue weighted by Crippen LogP contribution is 1.93. The lowest BCUT2D eigenvalue weighted by Crippen LogP contribution is -2.08. The lowest BCUT2D eigenvalue weighted by atomic mass is 10.2. The summed E-state index contributed by atoms with van der Waals surface area (Å²) in [6, 6.07) is 0. The van der Waals surface area contributed by atoms with Crippen molar-refractivity contribution in [2.45, 2.75) is 33.1 Å². The number of carboxylic acid groups (broad SMARTS) is 1. The van der Waals surface area contributed by atoms with Crippen LogP contribution in [0.5, 0.6) is 0 Å². The molecule has 0 aromatic heterocycles. The van der Waals surface area contributed by atoms with Crippen LogP contribution in [0.25, 0.3) is 0 Å². The first kappa shape index (κ1) is 10.1. The fourth-order valence-electron chi connectivity index (χ4n) is 0.676. The van der Waals surface area contributed by atoms with Gasteiger partial charge in [0, 0.05) is 6.54 Å². The first-order valence-corrected chi connectivity index (χ1v) is 3.92. The van der Waals surface area contributed by atoms with Crippen LogP contribution >= 0.6 is 0 Å². The molecule has 0 aromatic rings. The van der Waals surface area contributed by atoms with Crippen molar-refractivity contribution in [1.82, 2.24) is 0 Å². The highest BCUT2D eigenvalue weighted by Gasteiger charge is 1.98. The van der Waals surface area contributed by atoms with Gasteiger partial charge in [-0.2, -0.15) is 0 Å². The summed E-state index contributed by atoms with van der Waals surface area (Å²) in [5.41, 5.74) is 0.209. The van der Waals surface area contributed by atoms with Crippen molar-refractivity contribution in [1.29, 1.82) is 0 Å². The van der Waals surface area contributed by atoms with E-state index in [9.17, 15) is 4.79 Å². The van der Waals surface area contributed by atoms with E-state index in [-0.39, 0.29) is 5.71 Å². The van der Waals surface area contributed by atoms with Crippen molar-refractivity contribution < 1.29 is 9.90 Å². The number of carboxylic acids is 1. The van der Waals surface area contributed by atoms with Crippen LogP contribution in [0, 0.1) is 0 Å². The first-order valence-electron chi connectivity index (χ1n) is 3.92. The molecule has 0 aliphatic carbocycles. The quantitative estimate of drug-likeness (QED) is 0.488. The van der Waals surface area contributed by atoms with Gasteiger partial charge in [0.1, 0.15) is 5.71 Å². The van der Waals surface area contributed by atoms with Gasteiger partial charge in [0.05, 0.1) is 0 Å². The number of aliphatic imine (C=N–C) groups is 1. The Kier molecular flexibility index (Phi) is 5.43. The van der Waals surface area contributed by atoms with Gasteiger partial charge in [-0.15, -0.1) is 0 Å². The molecule has 0 amide bonds. The summed E-state index contributed by atoms with van der Waals surface area (Å²) >= 11 is 0. The largest absolute Gasteiger partial charge is 0.477 e. The summed E-state index contributed by atoms with van der Waals surface area (Å²) in [7, 11) is 0. The topological polar surface area (TPSA) is 49.7 Å². The van der Waals surface area contributed by atoms with Gasteiger partial charge in [0.25, 0.3) is 0 Å². The molecule has 3 heteroatoms. The average Bonchev–Trinajstić information content (AvgIpc) is 1.97. The molecular formula is C8H15NO2. The van der Waals surface area contributed by atoms with Crippen molar-refractivity contribution in [2.24, 2.45) is 4.99 Å². The molecule has 0 bridgehead atoms. The van der Waals surface area contributed by atoms with Crippen molar-refractivity contribution in [3.05, 3.63) is 0 Å². The molecule has 3 nitrogen and oxygen atoms in total. The Bertz CT molecular complexity index is 152. The molecule has 0 heterocycles. The summed E-state index contributed by atoms with van der Waals surface area (Å²) in [4.78, 5) is 14.1. The molecule has 0 atom stereocenters. The van der Waals surface area contributed by atoms with E-state index in [0.717, 1.165) is 19.3 Å². The predicted octanol–water partition coefficient (Wildman–Crippen LogP) is 1.72. The first-order chi connectivity index (χ1) is 5.18. The lowest BCUT2D eigenvalue weighted by Gasteiger charge is -1.93. The number of nitrogens with zero attached hydrogens (tertiary/aromatic N) is 1. The van der Waals surface area contributed by atoms with Crippen LogP contribution in [0.15, 0.2) is 4.99 Å². The second kappa shape index (κ2) is 5.89. The normalized spacial score (nSPS) is 11.6. The highest BCUT2D eigenvalue weighted by atomic mass is 16.4. The van der Waals surface area contributed by atoms with Crippen molar-refractivity contribution in [2.75, 3.05) is 6.54 Å². The zero-order valence-corrected chi connectivity index (χ0v) is 7.13. The fourth-order valence-corrected chi connectivity index (χ4v) is 0.676. The Balaban J connectivity index is 3.48. The van der Waals surface area contributed by atoms with Gasteiger partial charge in [-0.3, -0.25) is 4.99 Å². The minimum absolute atomic E-state index is 0.209. The third-order valence-corrected chi connectivity index (χ3v) is 1.42. The molecule has 11 heavy (non-hydrogen) atoms. The summed E-state index contributed by atoms with van der Waals surface area (Å²) in [6.07, 6.45) is 3.25. The van der Waals surface area contributed by atoms with Crippen LogP contribution in [-0.4, -0.2) is 23.3 Å². The van der Waals surface area contributed by atoms with E-state index in [1.165, 1.54) is 6.92 Å². The Morgan fingerprint density at radius 3 is 2.55 bits per heavy atom. The van der Waals surface area contributed by atoms with Gasteiger partial charge >= 0.3 is 5.97 Å². The molecular weight excluding hydrogens is 142 g/mol. The third kappa shape index (κ3) is 5.58. The molecule has 0 spiro atoms. The van der Waals surface area contributed by atoms with E-state index >= 15 is 0 Å². The summed E-state index contributed by atoms with van der Waals surface area (Å²) in [5, 5.41) is 8.41. The van der Waals surface area contributed by atoms with Gasteiger partial charge in [0.2, 0.25) is 0 Å². The lowest BCUT2D eigenvalue weighted by molar-refractivity contribution is -0.129. The van der Waals surface area contributed by atoms with Crippen molar-refractivity contribution in [3.63, 3.8) is 0 Å². The number of hydrogen-bond donors (Lipinski definition) is 1. The second-order valence-corrected chi connectivity index (χ2v) is 2.48. The molecule has 0 aliphatic rings. The van der Waals surface area contributed by atoms with Crippen molar-refractivity contribution in [3.8, 4) is 0 Å². The van der Waals surface area contributed by atoms with E-state index < -0.39 is 5.97 Å². The van der Waals surface area contributed by atoms with Gasteiger partial charge < -0.3 is 5.11 Å². The van der Waals surface area contributed by atoms with Gasteiger partial charge in [-0.25, -0.2) is 4.79 Å². The monoisotopic (exact) mass is 157 g/mol. The maximum absolute atomic E-state index is 10.2. The fraction of sp³-hybridized carbons (Fsp3) is 0.750. The SMILES string of the molecule is CCCCCN=C(C)C(=O)O. The Morgan fingerprint density at radius 2 is 2.09 bits per heavy atom. The van der Waals surface area contributed by atoms with E-state index in [1.54, 1.807) is 0 Å². The van der Waals surface area contributed by atoms with Gasteiger partial charge in [-0.05, 0) is 13.3 Å². The second-order valence-electron chi connectivity index (χ2n) is 2.48. The predicted molar refractivity (Wildman–Crippen MR) is 45.1 cm³/mol. The highest BCUT2D eigenvalue weighted by molar-refractivity contribution is 6.34. The minimum Gasteiger partial charge on any atom is -0.477 e. The molecule has 0 fully saturated rings.